The summed E-state index contributed by atoms with van der Waals surface area (Å²) in [5, 5.41) is 2.57. The molecule has 0 aliphatic carbocycles. The van der Waals surface area contributed by atoms with Crippen molar-refractivity contribution >= 4 is 22.0 Å². The Morgan fingerprint density at radius 1 is 1.31 bits per heavy atom. The quantitative estimate of drug-likeness (QED) is 0.588. The smallest absolute Gasteiger partial charge is 0.119 e. The third-order valence-corrected chi connectivity index (χ3v) is 1.98. The Labute approximate surface area is 80.4 Å². The van der Waals surface area contributed by atoms with Crippen molar-refractivity contribution in [3.8, 4) is 0 Å². The number of hydrogen-bond acceptors (Lipinski definition) is 5. The standard InChI is InChI=1S/C4H6N2S.C4H5NO/c5-3-1-2-7-4(3)6;1-2-4-6-5-3-1/h1-2H,5-6H2;1-5H. The fourth-order valence-corrected chi connectivity index (χ4v) is 1.15. The van der Waals surface area contributed by atoms with Crippen molar-refractivity contribution in [3.05, 3.63) is 36.1 Å². The van der Waals surface area contributed by atoms with Gasteiger partial charge in [-0.15, -0.1) is 11.3 Å². The largest absolute Gasteiger partial charge is 0.396 e. The Hall–Kier alpha value is -1.62. The van der Waals surface area contributed by atoms with Gasteiger partial charge in [-0.25, -0.2) is 5.48 Å². The highest BCUT2D eigenvalue weighted by Gasteiger charge is 1.88. The van der Waals surface area contributed by atoms with Crippen molar-refractivity contribution in [2.24, 2.45) is 0 Å². The molecule has 0 amide bonds. The minimum atomic E-state index is 0.685. The molecule has 1 aromatic rings. The van der Waals surface area contributed by atoms with Crippen LogP contribution in [0.2, 0.25) is 0 Å². The van der Waals surface area contributed by atoms with Crippen LogP contribution in [0.4, 0.5) is 10.7 Å². The Bertz CT molecular complexity index is 278. The molecule has 0 radical (unpaired) electrons. The molecule has 0 unspecified atom stereocenters. The van der Waals surface area contributed by atoms with Gasteiger partial charge in [0, 0.05) is 6.20 Å². The molecule has 2 rings (SSSR count). The fourth-order valence-electron chi connectivity index (χ4n) is 0.589. The van der Waals surface area contributed by atoms with Crippen LogP contribution in [0.3, 0.4) is 0 Å². The maximum Gasteiger partial charge on any atom is 0.119 e. The van der Waals surface area contributed by atoms with Crippen LogP contribution >= 0.6 is 11.3 Å². The molecule has 1 aromatic heterocycles. The summed E-state index contributed by atoms with van der Waals surface area (Å²) in [6, 6.07) is 1.79. The Morgan fingerprint density at radius 3 is 2.31 bits per heavy atom. The Kier molecular flexibility index (Phi) is 3.72. The van der Waals surface area contributed by atoms with E-state index in [4.69, 9.17) is 11.5 Å². The molecule has 1 aliphatic heterocycles. The summed E-state index contributed by atoms with van der Waals surface area (Å²) in [4.78, 5) is 4.55. The van der Waals surface area contributed by atoms with Gasteiger partial charge in [-0.1, -0.05) is 0 Å². The van der Waals surface area contributed by atoms with E-state index in [1.807, 2.05) is 11.5 Å². The summed E-state index contributed by atoms with van der Waals surface area (Å²) in [7, 11) is 0. The van der Waals surface area contributed by atoms with Gasteiger partial charge in [0.2, 0.25) is 0 Å². The zero-order valence-corrected chi connectivity index (χ0v) is 7.75. The fraction of sp³-hybridized carbons (Fsp3) is 0. The first-order valence-corrected chi connectivity index (χ1v) is 4.50. The van der Waals surface area contributed by atoms with Gasteiger partial charge in [-0.05, 0) is 23.6 Å². The summed E-state index contributed by atoms with van der Waals surface area (Å²) in [5.74, 6) is 0. The van der Waals surface area contributed by atoms with Crippen LogP contribution in [0.25, 0.3) is 0 Å². The highest BCUT2D eigenvalue weighted by atomic mass is 32.1. The van der Waals surface area contributed by atoms with Gasteiger partial charge in [-0.3, -0.25) is 0 Å². The molecule has 0 fully saturated rings. The van der Waals surface area contributed by atoms with Crippen LogP contribution in [-0.2, 0) is 4.84 Å². The molecular formula is C8H11N3OS. The van der Waals surface area contributed by atoms with Crippen molar-refractivity contribution in [1.29, 1.82) is 0 Å². The summed E-state index contributed by atoms with van der Waals surface area (Å²) in [5.41, 5.74) is 13.9. The summed E-state index contributed by atoms with van der Waals surface area (Å²) in [6.07, 6.45) is 6.93. The van der Waals surface area contributed by atoms with E-state index in [1.54, 1.807) is 24.6 Å². The molecule has 70 valence electrons. The van der Waals surface area contributed by atoms with Gasteiger partial charge < -0.3 is 16.3 Å². The van der Waals surface area contributed by atoms with Crippen LogP contribution in [-0.4, -0.2) is 0 Å². The first-order chi connectivity index (χ1) is 6.30. The number of anilines is 2. The SMILES string of the molecule is C1=CNOC=C1.Nc1ccsc1N. The van der Waals surface area contributed by atoms with E-state index in [9.17, 15) is 0 Å². The lowest BCUT2D eigenvalue weighted by atomic mass is 10.5. The van der Waals surface area contributed by atoms with E-state index in [-0.39, 0.29) is 0 Å². The van der Waals surface area contributed by atoms with Crippen LogP contribution in [0.1, 0.15) is 0 Å². The van der Waals surface area contributed by atoms with Crippen molar-refractivity contribution in [3.63, 3.8) is 0 Å². The number of hydrogen-bond donors (Lipinski definition) is 3. The number of nitrogens with one attached hydrogen (secondary N) is 1. The van der Waals surface area contributed by atoms with Crippen molar-refractivity contribution in [2.75, 3.05) is 11.5 Å². The van der Waals surface area contributed by atoms with Crippen LogP contribution in [0.5, 0.6) is 0 Å². The number of thiophene rings is 1. The number of hydroxylamine groups is 1. The number of nitrogen functional groups attached to an aromatic ring is 2. The monoisotopic (exact) mass is 197 g/mol. The van der Waals surface area contributed by atoms with E-state index in [2.05, 4.69) is 10.3 Å². The lowest BCUT2D eigenvalue weighted by Gasteiger charge is -1.97. The van der Waals surface area contributed by atoms with Gasteiger partial charge in [-0.2, -0.15) is 0 Å². The van der Waals surface area contributed by atoms with Gasteiger partial charge in [0.1, 0.15) is 11.3 Å². The number of rotatable bonds is 0. The van der Waals surface area contributed by atoms with E-state index in [1.165, 1.54) is 11.3 Å². The molecule has 1 aliphatic rings. The number of nitrogens with two attached hydrogens (primary N) is 2. The molecule has 0 saturated carbocycles. The molecule has 2 heterocycles. The van der Waals surface area contributed by atoms with Crippen LogP contribution in [0, 0.1) is 0 Å². The first-order valence-electron chi connectivity index (χ1n) is 3.62. The topological polar surface area (TPSA) is 73.3 Å². The molecular weight excluding hydrogens is 186 g/mol. The maximum absolute atomic E-state index is 5.33. The third-order valence-electron chi connectivity index (χ3n) is 1.22. The second-order valence-electron chi connectivity index (χ2n) is 2.16. The molecule has 5 N–H and O–H groups in total. The molecule has 0 atom stereocenters. The normalized spacial score (nSPS) is 12.3. The average Bonchev–Trinajstić information content (AvgIpc) is 2.55. The maximum atomic E-state index is 5.33. The van der Waals surface area contributed by atoms with Gasteiger partial charge in [0.25, 0.3) is 0 Å². The van der Waals surface area contributed by atoms with Crippen molar-refractivity contribution in [2.45, 2.75) is 0 Å². The zero-order valence-electron chi connectivity index (χ0n) is 6.94. The molecule has 4 nitrogen and oxygen atoms in total. The lowest BCUT2D eigenvalue weighted by Crippen LogP contribution is -2.01. The highest BCUT2D eigenvalue weighted by molar-refractivity contribution is 7.14. The lowest BCUT2D eigenvalue weighted by molar-refractivity contribution is 0.172. The molecule has 13 heavy (non-hydrogen) atoms. The predicted octanol–water partition coefficient (Wildman–Crippen LogP) is 1.46. The van der Waals surface area contributed by atoms with Crippen molar-refractivity contribution < 1.29 is 4.84 Å². The molecule has 0 bridgehead atoms. The Morgan fingerprint density at radius 2 is 2.15 bits per heavy atom. The van der Waals surface area contributed by atoms with E-state index >= 15 is 0 Å². The van der Waals surface area contributed by atoms with Crippen LogP contribution < -0.4 is 16.9 Å². The van der Waals surface area contributed by atoms with Crippen molar-refractivity contribution in [1.82, 2.24) is 5.48 Å². The molecule has 0 aromatic carbocycles. The molecule has 5 heteroatoms. The first kappa shape index (κ1) is 9.47. The average molecular weight is 197 g/mol. The summed E-state index contributed by atoms with van der Waals surface area (Å²) in [6.45, 7) is 0. The van der Waals surface area contributed by atoms with Crippen LogP contribution in [0.15, 0.2) is 36.1 Å². The minimum absolute atomic E-state index is 0.685. The second kappa shape index (κ2) is 5.10. The van der Waals surface area contributed by atoms with E-state index in [0.717, 1.165) is 0 Å². The van der Waals surface area contributed by atoms with Gasteiger partial charge in [0.15, 0.2) is 0 Å². The second-order valence-corrected chi connectivity index (χ2v) is 3.11. The zero-order chi connectivity index (χ0) is 9.52. The summed E-state index contributed by atoms with van der Waals surface area (Å²) < 4.78 is 0. The van der Waals surface area contributed by atoms with Gasteiger partial charge in [0.05, 0.1) is 5.69 Å². The third kappa shape index (κ3) is 3.53. The molecule has 0 spiro atoms. The van der Waals surface area contributed by atoms with E-state index in [0.29, 0.717) is 10.7 Å². The predicted molar refractivity (Wildman–Crippen MR) is 55.6 cm³/mol. The highest BCUT2D eigenvalue weighted by Crippen LogP contribution is 2.19. The Balaban J connectivity index is 0.000000132. The number of allylic oxidation sites excluding steroid dienone is 2. The minimum Gasteiger partial charge on any atom is -0.396 e. The van der Waals surface area contributed by atoms with Gasteiger partial charge >= 0.3 is 0 Å². The molecule has 0 saturated heterocycles. The van der Waals surface area contributed by atoms with E-state index < -0.39 is 0 Å². The summed E-state index contributed by atoms with van der Waals surface area (Å²) >= 11 is 1.46.